The highest BCUT2D eigenvalue weighted by atomic mass is 16.4. The molecule has 0 spiro atoms. The molecule has 1 aromatic heterocycles. The van der Waals surface area contributed by atoms with Gasteiger partial charge in [0.2, 0.25) is 5.91 Å². The molecule has 0 radical (unpaired) electrons. The molecule has 8 heteroatoms. The van der Waals surface area contributed by atoms with Crippen LogP contribution in [0.2, 0.25) is 0 Å². The lowest BCUT2D eigenvalue weighted by atomic mass is 10.1. The van der Waals surface area contributed by atoms with Crippen molar-refractivity contribution in [1.29, 1.82) is 0 Å². The molecular weight excluding hydrogens is 310 g/mol. The number of fused-ring (bicyclic) bond motifs is 1. The molecule has 2 rings (SSSR count). The van der Waals surface area contributed by atoms with Crippen LogP contribution >= 0.6 is 0 Å². The molecular formula is C16H21N5O3. The molecule has 7 N–H and O–H groups in total. The minimum Gasteiger partial charge on any atom is -0.422 e. The van der Waals surface area contributed by atoms with Crippen molar-refractivity contribution < 1.29 is 9.21 Å². The van der Waals surface area contributed by atoms with Crippen LogP contribution in [0.15, 0.2) is 38.5 Å². The van der Waals surface area contributed by atoms with Crippen LogP contribution in [0.25, 0.3) is 11.0 Å². The van der Waals surface area contributed by atoms with Crippen molar-refractivity contribution in [1.82, 2.24) is 0 Å². The lowest BCUT2D eigenvalue weighted by molar-refractivity contribution is -0.117. The van der Waals surface area contributed by atoms with Crippen LogP contribution in [0.3, 0.4) is 0 Å². The van der Waals surface area contributed by atoms with Gasteiger partial charge >= 0.3 is 5.63 Å². The zero-order chi connectivity index (χ0) is 17.7. The van der Waals surface area contributed by atoms with E-state index in [0.717, 1.165) is 0 Å². The van der Waals surface area contributed by atoms with Gasteiger partial charge in [0, 0.05) is 11.9 Å². The predicted octanol–water partition coefficient (Wildman–Crippen LogP) is 0.421. The molecule has 1 amide bonds. The third kappa shape index (κ3) is 4.11. The number of rotatable bonds is 6. The highest BCUT2D eigenvalue weighted by molar-refractivity contribution is 6.03. The maximum absolute atomic E-state index is 12.3. The van der Waals surface area contributed by atoms with Gasteiger partial charge in [0.25, 0.3) is 0 Å². The molecule has 0 saturated carbocycles. The molecule has 1 aromatic carbocycles. The van der Waals surface area contributed by atoms with Crippen LogP contribution in [0, 0.1) is 6.92 Å². The van der Waals surface area contributed by atoms with E-state index >= 15 is 0 Å². The molecule has 0 bridgehead atoms. The summed E-state index contributed by atoms with van der Waals surface area (Å²) in [4.78, 5) is 28.0. The first-order valence-electron chi connectivity index (χ1n) is 7.54. The number of benzene rings is 1. The van der Waals surface area contributed by atoms with Gasteiger partial charge < -0.3 is 26.9 Å². The molecule has 1 heterocycles. The molecule has 0 aliphatic heterocycles. The summed E-state index contributed by atoms with van der Waals surface area (Å²) in [5.41, 5.74) is 17.0. The van der Waals surface area contributed by atoms with Crippen molar-refractivity contribution in [2.45, 2.75) is 25.8 Å². The SMILES string of the molecule is Cc1c(NC(=O)C(N)CCCN=C(N)N)c2ccccc2oc1=O. The Kier molecular flexibility index (Phi) is 5.54. The van der Waals surface area contributed by atoms with E-state index < -0.39 is 11.7 Å². The summed E-state index contributed by atoms with van der Waals surface area (Å²) in [7, 11) is 0. The van der Waals surface area contributed by atoms with Gasteiger partial charge in [-0.1, -0.05) is 12.1 Å². The van der Waals surface area contributed by atoms with Crippen molar-refractivity contribution in [3.63, 3.8) is 0 Å². The molecule has 0 aliphatic rings. The summed E-state index contributed by atoms with van der Waals surface area (Å²) >= 11 is 0. The number of hydrogen-bond donors (Lipinski definition) is 4. The molecule has 1 atom stereocenters. The van der Waals surface area contributed by atoms with Crippen LogP contribution in [0.5, 0.6) is 0 Å². The zero-order valence-electron chi connectivity index (χ0n) is 13.4. The predicted molar refractivity (Wildman–Crippen MR) is 93.7 cm³/mol. The maximum Gasteiger partial charge on any atom is 0.341 e. The first-order chi connectivity index (χ1) is 11.4. The van der Waals surface area contributed by atoms with Crippen LogP contribution in [0.4, 0.5) is 5.69 Å². The minimum absolute atomic E-state index is 0.00567. The first kappa shape index (κ1) is 17.5. The van der Waals surface area contributed by atoms with Crippen molar-refractivity contribution >= 4 is 28.5 Å². The second kappa shape index (κ2) is 7.60. The summed E-state index contributed by atoms with van der Waals surface area (Å²) in [6.07, 6.45) is 0.990. The van der Waals surface area contributed by atoms with E-state index in [1.54, 1.807) is 31.2 Å². The van der Waals surface area contributed by atoms with E-state index in [9.17, 15) is 9.59 Å². The molecule has 1 unspecified atom stereocenters. The fourth-order valence-corrected chi connectivity index (χ4v) is 2.27. The molecule has 0 aliphatic carbocycles. The zero-order valence-corrected chi connectivity index (χ0v) is 13.4. The smallest absolute Gasteiger partial charge is 0.341 e. The van der Waals surface area contributed by atoms with Crippen LogP contribution in [0.1, 0.15) is 18.4 Å². The standard InChI is InChI=1S/C16H21N5O3/c1-9-13(10-5-2-3-7-12(10)24-15(9)23)21-14(22)11(17)6-4-8-20-16(18)19/h2-3,5,7,11H,4,6,8,17H2,1H3,(H,21,22)(H4,18,19,20). The Morgan fingerprint density at radius 2 is 2.04 bits per heavy atom. The van der Waals surface area contributed by atoms with Crippen molar-refractivity contribution in [2.24, 2.45) is 22.2 Å². The topological polar surface area (TPSA) is 150 Å². The van der Waals surface area contributed by atoms with E-state index in [-0.39, 0.29) is 11.9 Å². The third-order valence-electron chi connectivity index (χ3n) is 3.59. The van der Waals surface area contributed by atoms with E-state index in [1.165, 1.54) is 0 Å². The first-order valence-corrected chi connectivity index (χ1v) is 7.54. The number of aliphatic imine (C=N–C) groups is 1. The number of nitrogens with two attached hydrogens (primary N) is 3. The molecule has 24 heavy (non-hydrogen) atoms. The van der Waals surface area contributed by atoms with Gasteiger partial charge in [-0.25, -0.2) is 4.79 Å². The van der Waals surface area contributed by atoms with E-state index in [1.807, 2.05) is 0 Å². The molecule has 0 saturated heterocycles. The van der Waals surface area contributed by atoms with Gasteiger partial charge in [-0.3, -0.25) is 9.79 Å². The summed E-state index contributed by atoms with van der Waals surface area (Å²) < 4.78 is 5.20. The fraction of sp³-hybridized carbons (Fsp3) is 0.312. The Morgan fingerprint density at radius 3 is 2.75 bits per heavy atom. The van der Waals surface area contributed by atoms with Crippen molar-refractivity contribution in [2.75, 3.05) is 11.9 Å². The van der Waals surface area contributed by atoms with Crippen LogP contribution in [-0.4, -0.2) is 24.5 Å². The Bertz CT molecular complexity index is 824. The van der Waals surface area contributed by atoms with E-state index in [2.05, 4.69) is 10.3 Å². The molecule has 128 valence electrons. The average Bonchev–Trinajstić information content (AvgIpc) is 2.55. The number of anilines is 1. The number of para-hydroxylation sites is 1. The second-order valence-corrected chi connectivity index (χ2v) is 5.43. The number of nitrogens with zero attached hydrogens (tertiary/aromatic N) is 1. The fourth-order valence-electron chi connectivity index (χ4n) is 2.27. The van der Waals surface area contributed by atoms with Gasteiger partial charge in [-0.15, -0.1) is 0 Å². The van der Waals surface area contributed by atoms with Gasteiger partial charge in [-0.05, 0) is 31.9 Å². The quantitative estimate of drug-likeness (QED) is 0.261. The summed E-state index contributed by atoms with van der Waals surface area (Å²) in [6.45, 7) is 2.00. The van der Waals surface area contributed by atoms with Crippen molar-refractivity contribution in [3.05, 3.63) is 40.2 Å². The lowest BCUT2D eigenvalue weighted by Gasteiger charge is -2.14. The highest BCUT2D eigenvalue weighted by Gasteiger charge is 2.17. The Hall–Kier alpha value is -2.87. The Labute approximate surface area is 138 Å². The Morgan fingerprint density at radius 1 is 1.33 bits per heavy atom. The monoisotopic (exact) mass is 331 g/mol. The van der Waals surface area contributed by atoms with Gasteiger partial charge in [0.1, 0.15) is 5.58 Å². The number of nitrogens with one attached hydrogen (secondary N) is 1. The number of hydrogen-bond acceptors (Lipinski definition) is 5. The molecule has 2 aromatic rings. The largest absolute Gasteiger partial charge is 0.422 e. The number of carbonyl (C=O) groups excluding carboxylic acids is 1. The lowest BCUT2D eigenvalue weighted by Crippen LogP contribution is -2.36. The summed E-state index contributed by atoms with van der Waals surface area (Å²) in [6, 6.07) is 6.25. The van der Waals surface area contributed by atoms with Crippen molar-refractivity contribution in [3.8, 4) is 0 Å². The van der Waals surface area contributed by atoms with Gasteiger partial charge in [0.15, 0.2) is 5.96 Å². The van der Waals surface area contributed by atoms with E-state index in [0.29, 0.717) is 41.6 Å². The highest BCUT2D eigenvalue weighted by Crippen LogP contribution is 2.24. The van der Waals surface area contributed by atoms with Crippen LogP contribution < -0.4 is 28.1 Å². The van der Waals surface area contributed by atoms with E-state index in [4.69, 9.17) is 21.6 Å². The number of carbonyl (C=O) groups is 1. The number of amides is 1. The maximum atomic E-state index is 12.3. The van der Waals surface area contributed by atoms with Crippen LogP contribution in [-0.2, 0) is 4.79 Å². The number of guanidine groups is 1. The molecule has 0 fully saturated rings. The van der Waals surface area contributed by atoms with Gasteiger partial charge in [0.05, 0.1) is 17.3 Å². The normalized spacial score (nSPS) is 11.9. The Balaban J connectivity index is 2.14. The molecule has 8 nitrogen and oxygen atoms in total. The summed E-state index contributed by atoms with van der Waals surface area (Å²) in [5, 5.41) is 3.38. The minimum atomic E-state index is -0.732. The van der Waals surface area contributed by atoms with Gasteiger partial charge in [-0.2, -0.15) is 0 Å². The summed E-state index contributed by atoms with van der Waals surface area (Å²) in [5.74, 6) is -0.371. The second-order valence-electron chi connectivity index (χ2n) is 5.43. The third-order valence-corrected chi connectivity index (χ3v) is 3.59. The average molecular weight is 331 g/mol.